The summed E-state index contributed by atoms with van der Waals surface area (Å²) in [7, 11) is 0. The van der Waals surface area contributed by atoms with Crippen LogP contribution in [0.1, 0.15) is 11.3 Å². The van der Waals surface area contributed by atoms with Crippen LogP contribution in [0.3, 0.4) is 0 Å². The van der Waals surface area contributed by atoms with Gasteiger partial charge in [0.25, 0.3) is 0 Å². The smallest absolute Gasteiger partial charge is 0.419 e. The number of rotatable bonds is 5. The minimum atomic E-state index is -4.89. The molecule has 0 aliphatic heterocycles. The average molecular weight is 497 g/mol. The molecule has 36 heavy (non-hydrogen) atoms. The van der Waals surface area contributed by atoms with E-state index in [1.165, 1.54) is 23.4 Å². The summed E-state index contributed by atoms with van der Waals surface area (Å²) in [6, 6.07) is 9.75. The molecule has 9 nitrogen and oxygen atoms in total. The highest BCUT2D eigenvalue weighted by Crippen LogP contribution is 2.33. The third-order valence-electron chi connectivity index (χ3n) is 5.12. The second kappa shape index (κ2) is 9.09. The summed E-state index contributed by atoms with van der Waals surface area (Å²) in [6.07, 6.45) is 0.907. The van der Waals surface area contributed by atoms with E-state index in [0.29, 0.717) is 46.9 Å². The first-order valence-corrected chi connectivity index (χ1v) is 10.4. The van der Waals surface area contributed by atoms with Crippen LogP contribution in [-0.2, 0) is 12.7 Å². The van der Waals surface area contributed by atoms with Gasteiger partial charge in [0, 0.05) is 23.3 Å². The normalized spacial score (nSPS) is 11.6. The van der Waals surface area contributed by atoms with E-state index in [0.717, 1.165) is 6.07 Å². The Balaban J connectivity index is 1.33. The third kappa shape index (κ3) is 4.85. The van der Waals surface area contributed by atoms with Crippen LogP contribution in [0.2, 0.25) is 0 Å². The summed E-state index contributed by atoms with van der Waals surface area (Å²) in [5, 5.41) is 7.01. The van der Waals surface area contributed by atoms with Crippen molar-refractivity contribution in [3.05, 3.63) is 90.8 Å². The van der Waals surface area contributed by atoms with Crippen LogP contribution in [0.25, 0.3) is 10.9 Å². The maximum absolute atomic E-state index is 13.5. The van der Waals surface area contributed by atoms with E-state index in [-0.39, 0.29) is 5.69 Å². The number of amides is 1. The lowest BCUT2D eigenvalue weighted by Crippen LogP contribution is -2.19. The predicted molar refractivity (Wildman–Crippen MR) is 119 cm³/mol. The molecule has 0 saturated heterocycles. The van der Waals surface area contributed by atoms with Crippen molar-refractivity contribution in [2.24, 2.45) is 0 Å². The fourth-order valence-corrected chi connectivity index (χ4v) is 3.49. The highest BCUT2D eigenvalue weighted by molar-refractivity contribution is 5.98. The lowest BCUT2D eigenvalue weighted by atomic mass is 10.2. The van der Waals surface area contributed by atoms with E-state index in [1.54, 1.807) is 41.3 Å². The van der Waals surface area contributed by atoms with Crippen LogP contribution in [0.4, 0.5) is 28.0 Å². The average Bonchev–Trinajstić information content (AvgIpc) is 3.49. The molecular weight excluding hydrogens is 482 g/mol. The zero-order valence-corrected chi connectivity index (χ0v) is 18.1. The van der Waals surface area contributed by atoms with Gasteiger partial charge in [-0.15, -0.1) is 0 Å². The summed E-state index contributed by atoms with van der Waals surface area (Å²) >= 11 is 0. The van der Waals surface area contributed by atoms with E-state index >= 15 is 0 Å². The number of benzene rings is 2. The summed E-state index contributed by atoms with van der Waals surface area (Å²) in [5.74, 6) is -0.679. The van der Waals surface area contributed by atoms with Crippen LogP contribution in [0.5, 0.6) is 11.6 Å². The molecule has 0 atom stereocenters. The van der Waals surface area contributed by atoms with Crippen molar-refractivity contribution in [2.45, 2.75) is 12.7 Å². The Labute approximate surface area is 200 Å². The molecule has 5 rings (SSSR count). The van der Waals surface area contributed by atoms with E-state index in [9.17, 15) is 22.4 Å². The number of carbonyl (C=O) groups is 1. The number of hydrogen-bond acceptors (Lipinski definition) is 6. The maximum Gasteiger partial charge on any atom is 0.419 e. The van der Waals surface area contributed by atoms with Crippen molar-refractivity contribution >= 4 is 22.6 Å². The van der Waals surface area contributed by atoms with Crippen molar-refractivity contribution < 1.29 is 27.1 Å². The molecular formula is C23H15F4N7O2. The number of halogens is 4. The Morgan fingerprint density at radius 3 is 2.67 bits per heavy atom. The molecule has 0 saturated carbocycles. The molecule has 0 bridgehead atoms. The number of nitrogens with one attached hydrogen (secondary N) is 1. The van der Waals surface area contributed by atoms with Crippen molar-refractivity contribution in [1.82, 2.24) is 29.3 Å². The molecule has 5 aromatic rings. The van der Waals surface area contributed by atoms with Crippen molar-refractivity contribution in [2.75, 3.05) is 5.32 Å². The number of anilines is 1. The largest absolute Gasteiger partial charge is 0.439 e. The van der Waals surface area contributed by atoms with E-state index in [1.807, 2.05) is 0 Å². The van der Waals surface area contributed by atoms with Gasteiger partial charge in [0.15, 0.2) is 0 Å². The van der Waals surface area contributed by atoms with Crippen molar-refractivity contribution in [1.29, 1.82) is 0 Å². The molecule has 0 spiro atoms. The van der Waals surface area contributed by atoms with Crippen molar-refractivity contribution in [3.8, 4) is 11.6 Å². The van der Waals surface area contributed by atoms with Crippen LogP contribution >= 0.6 is 0 Å². The standard InChI is InChI=1S/C23H15F4N7O2/c24-19-3-1-15(8-18(19)23(25,26)27)32-22(35)34-6-5-14-7-17(2-4-20(14)34)36-21-9-16(29-12-30-21)10-33-13-28-11-31-33/h1-9,11-13H,10H2,(H,32,35). The summed E-state index contributed by atoms with van der Waals surface area (Å²) in [5.41, 5.74) is -0.522. The Hall–Kier alpha value is -4.81. The van der Waals surface area contributed by atoms with E-state index < -0.39 is 23.6 Å². The first kappa shape index (κ1) is 23.0. The van der Waals surface area contributed by atoms with E-state index in [2.05, 4.69) is 25.4 Å². The lowest BCUT2D eigenvalue weighted by Gasteiger charge is -2.12. The molecule has 182 valence electrons. The predicted octanol–water partition coefficient (Wildman–Crippen LogP) is 5.10. The minimum absolute atomic E-state index is 0.194. The Morgan fingerprint density at radius 1 is 1.03 bits per heavy atom. The molecule has 13 heteroatoms. The summed E-state index contributed by atoms with van der Waals surface area (Å²) in [4.78, 5) is 24.9. The monoisotopic (exact) mass is 497 g/mol. The Bertz CT molecular complexity index is 1550. The highest BCUT2D eigenvalue weighted by atomic mass is 19.4. The number of aromatic nitrogens is 6. The number of carbonyl (C=O) groups excluding carboxylic acids is 1. The molecule has 2 aromatic carbocycles. The molecule has 0 aliphatic carbocycles. The molecule has 1 N–H and O–H groups in total. The van der Waals surface area contributed by atoms with Gasteiger partial charge in [0.2, 0.25) is 5.88 Å². The van der Waals surface area contributed by atoms with E-state index in [4.69, 9.17) is 4.74 Å². The summed E-state index contributed by atoms with van der Waals surface area (Å²) in [6.45, 7) is 0.383. The maximum atomic E-state index is 13.5. The first-order chi connectivity index (χ1) is 17.3. The van der Waals surface area contributed by atoms with Gasteiger partial charge >= 0.3 is 12.2 Å². The molecule has 0 radical (unpaired) electrons. The highest BCUT2D eigenvalue weighted by Gasteiger charge is 2.34. The topological polar surface area (TPSA) is 99.8 Å². The third-order valence-corrected chi connectivity index (χ3v) is 5.12. The molecule has 1 amide bonds. The number of hydrogen-bond donors (Lipinski definition) is 1. The van der Waals surface area contributed by atoms with Crippen LogP contribution < -0.4 is 10.1 Å². The molecule has 3 aromatic heterocycles. The van der Waals surface area contributed by atoms with Crippen LogP contribution in [-0.4, -0.2) is 35.3 Å². The number of nitrogens with zero attached hydrogens (tertiary/aromatic N) is 6. The molecule has 0 fully saturated rings. The van der Waals surface area contributed by atoms with Crippen molar-refractivity contribution in [3.63, 3.8) is 0 Å². The zero-order valence-electron chi connectivity index (χ0n) is 18.1. The second-order valence-electron chi connectivity index (χ2n) is 7.57. The fraction of sp³-hybridized carbons (Fsp3) is 0.0870. The van der Waals surface area contributed by atoms with Crippen LogP contribution in [0, 0.1) is 5.82 Å². The van der Waals surface area contributed by atoms with Gasteiger partial charge in [0.05, 0.1) is 23.3 Å². The molecule has 0 unspecified atom stereocenters. The zero-order chi connectivity index (χ0) is 25.3. The number of fused-ring (bicyclic) bond motifs is 1. The number of alkyl halides is 3. The SMILES string of the molecule is O=C(Nc1ccc(F)c(C(F)(F)F)c1)n1ccc2cc(Oc3cc(Cn4cncn4)ncn3)ccc21. The lowest BCUT2D eigenvalue weighted by molar-refractivity contribution is -0.139. The second-order valence-corrected chi connectivity index (χ2v) is 7.57. The Morgan fingerprint density at radius 2 is 1.89 bits per heavy atom. The van der Waals surface area contributed by atoms with Gasteiger partial charge in [-0.3, -0.25) is 4.57 Å². The fourth-order valence-electron chi connectivity index (χ4n) is 3.49. The van der Waals surface area contributed by atoms with Gasteiger partial charge in [-0.05, 0) is 42.5 Å². The quantitative estimate of drug-likeness (QED) is 0.339. The van der Waals surface area contributed by atoms with Gasteiger partial charge in [-0.1, -0.05) is 0 Å². The number of ether oxygens (including phenoxy) is 1. The Kier molecular flexibility index (Phi) is 5.80. The van der Waals surface area contributed by atoms with Gasteiger partial charge in [-0.25, -0.2) is 28.8 Å². The molecule has 3 heterocycles. The summed E-state index contributed by atoms with van der Waals surface area (Å²) < 4.78 is 61.1. The van der Waals surface area contributed by atoms with Gasteiger partial charge in [0.1, 0.15) is 30.5 Å². The minimum Gasteiger partial charge on any atom is -0.439 e. The molecule has 0 aliphatic rings. The van der Waals surface area contributed by atoms with Gasteiger partial charge in [-0.2, -0.15) is 18.3 Å². The first-order valence-electron chi connectivity index (χ1n) is 10.4. The van der Waals surface area contributed by atoms with Gasteiger partial charge < -0.3 is 10.1 Å². The van der Waals surface area contributed by atoms with Crippen LogP contribution in [0.15, 0.2) is 73.7 Å².